The highest BCUT2D eigenvalue weighted by Crippen LogP contribution is 2.18. The van der Waals surface area contributed by atoms with Crippen molar-refractivity contribution in [2.24, 2.45) is 0 Å². The number of ketones is 1. The molecule has 2 nitrogen and oxygen atoms in total. The fourth-order valence-electron chi connectivity index (χ4n) is 0.493. The summed E-state index contributed by atoms with van der Waals surface area (Å²) in [5, 5.41) is 7.96. The number of rotatable bonds is 3. The van der Waals surface area contributed by atoms with Crippen LogP contribution in [0.1, 0.15) is 13.8 Å². The Morgan fingerprint density at radius 3 is 2.30 bits per heavy atom. The summed E-state index contributed by atoms with van der Waals surface area (Å²) in [4.78, 5) is 9.75. The largest absolute Gasteiger partial charge is 0.394 e. The van der Waals surface area contributed by atoms with Gasteiger partial charge in [-0.2, -0.15) is 0 Å². The van der Waals surface area contributed by atoms with Crippen LogP contribution >= 0.6 is 23.2 Å². The molecule has 0 saturated heterocycles. The number of aliphatic hydroxyl groups is 1. The lowest BCUT2D eigenvalue weighted by atomic mass is 10.1. The van der Waals surface area contributed by atoms with Crippen LogP contribution in [0.4, 0.5) is 0 Å². The van der Waals surface area contributed by atoms with Gasteiger partial charge in [-0.3, -0.25) is 4.79 Å². The Balaban J connectivity index is 4.19. The number of carbonyl (C=O) groups excluding carboxylic acids is 1. The van der Waals surface area contributed by atoms with Gasteiger partial charge in [-0.15, -0.1) is 23.2 Å². The molecule has 0 aliphatic heterocycles. The van der Waals surface area contributed by atoms with Crippen LogP contribution in [-0.4, -0.2) is 27.7 Å². The van der Waals surface area contributed by atoms with E-state index in [4.69, 9.17) is 28.3 Å². The predicted octanol–water partition coefficient (Wildman–Crippen LogP) is 1.17. The molecule has 0 aliphatic rings. The molecule has 10 heavy (non-hydrogen) atoms. The highest BCUT2D eigenvalue weighted by Gasteiger charge is 2.32. The van der Waals surface area contributed by atoms with Crippen molar-refractivity contribution in [3.63, 3.8) is 0 Å². The van der Waals surface area contributed by atoms with E-state index < -0.39 is 10.3 Å². The molecule has 60 valence electrons. The van der Waals surface area contributed by atoms with Crippen LogP contribution in [0.3, 0.4) is 0 Å². The lowest BCUT2D eigenvalue weighted by Crippen LogP contribution is -2.37. The molecule has 0 spiro atoms. The molecule has 0 fully saturated rings. The van der Waals surface area contributed by atoms with E-state index in [1.54, 1.807) is 0 Å². The van der Waals surface area contributed by atoms with Crippen LogP contribution < -0.4 is 0 Å². The van der Waals surface area contributed by atoms with Crippen molar-refractivity contribution in [2.45, 2.75) is 24.1 Å². The minimum absolute atomic E-state index is 0.349. The normalized spacial score (nSPS) is 19.7. The number of halogens is 2. The van der Waals surface area contributed by atoms with Gasteiger partial charge in [0.15, 0.2) is 5.78 Å². The molecule has 1 N–H and O–H groups in total. The molecule has 0 saturated carbocycles. The van der Waals surface area contributed by atoms with Crippen LogP contribution in [-0.2, 0) is 4.79 Å². The van der Waals surface area contributed by atoms with E-state index in [-0.39, 0.29) is 12.4 Å². The summed E-state index contributed by atoms with van der Waals surface area (Å²) < 4.78 is 0. The second-order valence-electron chi connectivity index (χ2n) is 2.34. The van der Waals surface area contributed by atoms with Gasteiger partial charge in [-0.05, 0) is 13.8 Å². The van der Waals surface area contributed by atoms with E-state index in [0.717, 1.165) is 0 Å². The highest BCUT2D eigenvalue weighted by atomic mass is 35.5. The zero-order chi connectivity index (χ0) is 8.36. The Kier molecular flexibility index (Phi) is 3.63. The fraction of sp³-hybridized carbons (Fsp3) is 0.833. The van der Waals surface area contributed by atoms with Crippen molar-refractivity contribution in [3.05, 3.63) is 0 Å². The molecule has 0 bridgehead atoms. The molecule has 2 atom stereocenters. The monoisotopic (exact) mass is 184 g/mol. The predicted molar refractivity (Wildman–Crippen MR) is 41.7 cm³/mol. The molecule has 0 rings (SSSR count). The highest BCUT2D eigenvalue weighted by molar-refractivity contribution is 6.42. The molecule has 0 heterocycles. The summed E-state index contributed by atoms with van der Waals surface area (Å²) in [6.45, 7) is 2.58. The lowest BCUT2D eigenvalue weighted by molar-refractivity contribution is -0.121. The Morgan fingerprint density at radius 1 is 1.80 bits per heavy atom. The third-order valence-electron chi connectivity index (χ3n) is 1.17. The van der Waals surface area contributed by atoms with Gasteiger partial charge < -0.3 is 5.11 Å². The maximum Gasteiger partial charge on any atom is 0.173 e. The summed E-state index contributed by atoms with van der Waals surface area (Å²) in [5.74, 6) is -0.349. The van der Waals surface area contributed by atoms with E-state index in [0.29, 0.717) is 0 Å². The summed E-state index contributed by atoms with van der Waals surface area (Å²) in [5.41, 5.74) is 0. The number of carbonyl (C=O) groups is 1. The van der Waals surface area contributed by atoms with Crippen molar-refractivity contribution in [2.75, 3.05) is 6.61 Å². The molecule has 0 aromatic rings. The van der Waals surface area contributed by atoms with Gasteiger partial charge in [0.05, 0.1) is 12.0 Å². The van der Waals surface area contributed by atoms with E-state index in [9.17, 15) is 4.79 Å². The maximum absolute atomic E-state index is 11.0. The molecule has 0 aromatic heterocycles. The number of hydrogen-bond donors (Lipinski definition) is 1. The van der Waals surface area contributed by atoms with Crippen LogP contribution in [0.5, 0.6) is 0 Å². The van der Waals surface area contributed by atoms with Crippen LogP contribution in [0, 0.1) is 0 Å². The number of hydrogen-bond acceptors (Lipinski definition) is 2. The Hall–Kier alpha value is 0.210. The van der Waals surface area contributed by atoms with Crippen molar-refractivity contribution >= 4 is 29.0 Å². The molecule has 4 heteroatoms. The fourth-order valence-corrected chi connectivity index (χ4v) is 0.953. The summed E-state index contributed by atoms with van der Waals surface area (Å²) in [6, 6.07) is 0. The molecule has 0 amide bonds. The van der Waals surface area contributed by atoms with Crippen molar-refractivity contribution in [1.29, 1.82) is 0 Å². The maximum atomic E-state index is 11.0. The summed E-state index contributed by atoms with van der Waals surface area (Å²) >= 11 is 11.0. The molecule has 0 radical (unpaired) electrons. The molecule has 0 aliphatic carbocycles. The number of alkyl halides is 2. The first kappa shape index (κ1) is 10.2. The first-order chi connectivity index (χ1) is 4.41. The Bertz CT molecular complexity index is 132. The van der Waals surface area contributed by atoms with E-state index in [1.807, 2.05) is 0 Å². The topological polar surface area (TPSA) is 37.3 Å². The second kappa shape index (κ2) is 3.56. The Labute approximate surface area is 70.1 Å². The third kappa shape index (κ3) is 2.45. The molecular formula is C6H10Cl2O2. The first-order valence-electron chi connectivity index (χ1n) is 2.90. The van der Waals surface area contributed by atoms with Gasteiger partial charge in [-0.1, -0.05) is 0 Å². The number of aliphatic hydroxyl groups excluding tert-OH is 1. The van der Waals surface area contributed by atoms with Crippen LogP contribution in [0.25, 0.3) is 0 Å². The van der Waals surface area contributed by atoms with Gasteiger partial charge in [0.2, 0.25) is 0 Å². The second-order valence-corrected chi connectivity index (χ2v) is 3.82. The van der Waals surface area contributed by atoms with Crippen molar-refractivity contribution < 1.29 is 9.90 Å². The zero-order valence-electron chi connectivity index (χ0n) is 5.90. The van der Waals surface area contributed by atoms with E-state index in [2.05, 4.69) is 0 Å². The van der Waals surface area contributed by atoms with Gasteiger partial charge in [0.25, 0.3) is 0 Å². The smallest absolute Gasteiger partial charge is 0.173 e. The average Bonchev–Trinajstić information content (AvgIpc) is 1.86. The SMILES string of the molecule is CC(Cl)C(=O)C(C)(Cl)CO. The molecule has 2 unspecified atom stereocenters. The van der Waals surface area contributed by atoms with Crippen LogP contribution in [0.2, 0.25) is 0 Å². The van der Waals surface area contributed by atoms with Crippen LogP contribution in [0.15, 0.2) is 0 Å². The van der Waals surface area contributed by atoms with Crippen molar-refractivity contribution in [3.8, 4) is 0 Å². The summed E-state index contributed by atoms with van der Waals surface area (Å²) in [7, 11) is 0. The van der Waals surface area contributed by atoms with E-state index >= 15 is 0 Å². The summed E-state index contributed by atoms with van der Waals surface area (Å²) in [6.07, 6.45) is 0. The zero-order valence-corrected chi connectivity index (χ0v) is 7.41. The minimum Gasteiger partial charge on any atom is -0.394 e. The molecular weight excluding hydrogens is 175 g/mol. The van der Waals surface area contributed by atoms with Gasteiger partial charge in [-0.25, -0.2) is 0 Å². The van der Waals surface area contributed by atoms with Crippen molar-refractivity contribution in [1.82, 2.24) is 0 Å². The van der Waals surface area contributed by atoms with Gasteiger partial charge >= 0.3 is 0 Å². The first-order valence-corrected chi connectivity index (χ1v) is 3.71. The average molecular weight is 185 g/mol. The third-order valence-corrected chi connectivity index (χ3v) is 1.68. The minimum atomic E-state index is -1.22. The van der Waals surface area contributed by atoms with Gasteiger partial charge in [0, 0.05) is 0 Å². The van der Waals surface area contributed by atoms with E-state index in [1.165, 1.54) is 13.8 Å². The standard InChI is InChI=1S/C6H10Cl2O2/c1-4(7)5(10)6(2,8)3-9/h4,9H,3H2,1-2H3. The lowest BCUT2D eigenvalue weighted by Gasteiger charge is -2.17. The van der Waals surface area contributed by atoms with Gasteiger partial charge in [0.1, 0.15) is 4.87 Å². The Morgan fingerprint density at radius 2 is 2.20 bits per heavy atom. The number of Topliss-reactive ketones (excluding diaryl/α,β-unsaturated/α-hetero) is 1. The molecule has 0 aromatic carbocycles. The quantitative estimate of drug-likeness (QED) is 0.670.